The van der Waals surface area contributed by atoms with Crippen LogP contribution in [0.1, 0.15) is 101 Å². The van der Waals surface area contributed by atoms with E-state index in [4.69, 9.17) is 43.4 Å². The summed E-state index contributed by atoms with van der Waals surface area (Å²) in [6.07, 6.45) is 13.6. The molecule has 0 radical (unpaired) electrons. The first-order valence-corrected chi connectivity index (χ1v) is 44.9. The summed E-state index contributed by atoms with van der Waals surface area (Å²) < 4.78 is 28.5. The molecular weight excluding hydrogens is 1390 g/mol. The van der Waals surface area contributed by atoms with E-state index in [1.54, 1.807) is 13.1 Å². The van der Waals surface area contributed by atoms with Crippen LogP contribution in [0.3, 0.4) is 0 Å². The van der Waals surface area contributed by atoms with Gasteiger partial charge in [-0.25, -0.2) is 9.59 Å². The number of H-pyrrole nitrogens is 4. The van der Waals surface area contributed by atoms with Crippen molar-refractivity contribution in [3.05, 3.63) is 119 Å². The van der Waals surface area contributed by atoms with Gasteiger partial charge in [0.2, 0.25) is 11.8 Å². The van der Waals surface area contributed by atoms with Gasteiger partial charge in [0, 0.05) is 62.9 Å². The van der Waals surface area contributed by atoms with Gasteiger partial charge in [0.15, 0.2) is 34.5 Å². The van der Waals surface area contributed by atoms with Crippen molar-refractivity contribution in [3.63, 3.8) is 0 Å². The molecule has 8 rings (SSSR count). The molecule has 2 amide bonds. The Kier molecular flexibility index (Phi) is 30.3. The Hall–Kier alpha value is -4.78. The average molecular weight is 1500 g/mol. The van der Waals surface area contributed by atoms with Gasteiger partial charge in [-0.3, -0.25) is 67.0 Å². The second kappa shape index (κ2) is 35.4. The van der Waals surface area contributed by atoms with Crippen LogP contribution >= 0.6 is 52.0 Å². The summed E-state index contributed by atoms with van der Waals surface area (Å²) in [4.78, 5) is 103. The van der Waals surface area contributed by atoms with Crippen LogP contribution in [0.4, 0.5) is 0 Å². The van der Waals surface area contributed by atoms with Crippen LogP contribution in [-0.2, 0) is 54.5 Å². The van der Waals surface area contributed by atoms with Crippen LogP contribution in [0.2, 0.25) is 0 Å². The summed E-state index contributed by atoms with van der Waals surface area (Å²) in [6, 6.07) is 0. The lowest BCUT2D eigenvalue weighted by atomic mass is 10.1. The third kappa shape index (κ3) is 23.6. The van der Waals surface area contributed by atoms with Gasteiger partial charge in [0.1, 0.15) is 48.8 Å². The summed E-state index contributed by atoms with van der Waals surface area (Å²) in [5.74, 6) is -0.598. The number of carbonyl (C=O) groups excluding carboxylic acids is 2. The standard InChI is InChI=1S/C16H26N3O6P.C16H26N3O5PS.C15H25N2O5P.C15H25N2O4PS/c1-9(20)17-7-10-8-19(16(24)18-14(10)23)15-13(22)12(21)11(25-15)5-6-26(2,3)4;1-9(20)17-7-10-8-19(16(26)18-14(10)23)15-13(22)12(21)11(24-15)5-6-25(2,3)4;1-5-9-8-17(15(21)16-13(9)20)14-12(19)11(18)10(22-14)6-7-23(2,3)4;1-5-9-8-17(15(23)16-13(9)20)14-12(19)11(18)10(21-14)6-7-22(2,3)4/h8,11-13,15,21-22H,2,5-7H2,1,3-4H3,(H,17,20)(H,18,23,24);8,11-13,15,21-22H,2,5-7H2,1,3-4H3,(H,17,20)(H,18,23,26);8,10-12,14,18-19H,2,5-7H2,1,3-4H3,(H,16,20,21);8,10-12,14,18-19H,2,5-7H2,1,3-4H3,(H,16,20,23)/t2*11-,12-,13-,15?;2*10-,11-,12-,14?/m1111/s1. The van der Waals surface area contributed by atoms with Crippen molar-refractivity contribution in [1.29, 1.82) is 0 Å². The first kappa shape index (κ1) is 83.9. The van der Waals surface area contributed by atoms with Gasteiger partial charge in [-0.1, -0.05) is 13.8 Å². The Bertz CT molecular complexity index is 3880. The molecule has 4 aromatic rings. The molecule has 30 nitrogen and oxygen atoms in total. The van der Waals surface area contributed by atoms with E-state index in [9.17, 15) is 79.2 Å². The minimum atomic E-state index is -1.33. The first-order valence-electron chi connectivity index (χ1n) is 31.9. The molecule has 4 aliphatic rings. The fraction of sp³-hybridized carbons (Fsp3) is 0.645. The van der Waals surface area contributed by atoms with Crippen LogP contribution in [0.5, 0.6) is 0 Å². The number of aliphatic hydroxyl groups excluding tert-OH is 8. The maximum absolute atomic E-state index is 12.1. The van der Waals surface area contributed by atoms with E-state index in [1.807, 2.05) is 6.92 Å². The number of aromatic nitrogens is 8. The average Bonchev–Trinajstić information content (AvgIpc) is 1.63. The summed E-state index contributed by atoms with van der Waals surface area (Å²) >= 11 is 10.3. The second-order valence-corrected chi connectivity index (χ2v) is 45.8. The van der Waals surface area contributed by atoms with Crippen molar-refractivity contribution in [2.24, 2.45) is 0 Å². The van der Waals surface area contributed by atoms with Crippen molar-refractivity contribution in [2.45, 2.75) is 177 Å². The number of aromatic amines is 4. The summed E-state index contributed by atoms with van der Waals surface area (Å²) in [7, 11) is 0. The highest BCUT2D eigenvalue weighted by molar-refractivity contribution is 7.73. The van der Waals surface area contributed by atoms with Crippen molar-refractivity contribution in [1.82, 2.24) is 48.8 Å². The number of hydrogen-bond acceptors (Lipinski definition) is 22. The van der Waals surface area contributed by atoms with Gasteiger partial charge in [0.25, 0.3) is 22.2 Å². The highest BCUT2D eigenvalue weighted by Gasteiger charge is 2.47. The number of hydrogen-bond donors (Lipinski definition) is 14. The quantitative estimate of drug-likeness (QED) is 0.0368. The number of aryl methyl sites for hydroxylation is 2. The second-order valence-electron chi connectivity index (χ2n) is 27.8. The molecular formula is C62H102N10O20P4S2. The number of nitrogens with zero attached hydrogens (tertiary/aromatic N) is 4. The maximum Gasteiger partial charge on any atom is 0.330 e. The van der Waals surface area contributed by atoms with E-state index in [1.165, 1.54) is 41.6 Å². The molecule has 0 aromatic carbocycles. The zero-order chi connectivity index (χ0) is 74.0. The van der Waals surface area contributed by atoms with Crippen molar-refractivity contribution < 1.29 is 69.4 Å². The van der Waals surface area contributed by atoms with Gasteiger partial charge in [-0.15, -0.1) is 52.7 Å². The van der Waals surface area contributed by atoms with E-state index in [0.29, 0.717) is 49.7 Å². The predicted molar refractivity (Wildman–Crippen MR) is 393 cm³/mol. The molecule has 0 spiro atoms. The molecule has 4 aliphatic heterocycles. The Balaban J connectivity index is 0.000000236. The van der Waals surface area contributed by atoms with Gasteiger partial charge < -0.3 is 70.4 Å². The SMILES string of the molecule is C=P(C)(C)CC[C@H]1OC(n2cc(CC)c(=O)[nH]c2=O)[C@H](O)[C@@H]1O.C=P(C)(C)CC[C@H]1OC(n2cc(CC)c(=O)[nH]c2=S)[C@H](O)[C@@H]1O.C=P(C)(C)CC[C@H]1OC(n2cc(CNC(C)=O)c(=O)[nH]c2=O)[C@H](O)[C@@H]1O.C=P(C)(C)CC[C@H]1OC(n2cc(CNC(C)=O)c(=O)[nH]c2=S)[C@H](O)[C@@H]1O. The molecule has 0 aliphatic carbocycles. The Morgan fingerprint density at radius 2 is 0.643 bits per heavy atom. The number of rotatable bonds is 22. The van der Waals surface area contributed by atoms with Gasteiger partial charge in [-0.05, 0) is 141 Å². The lowest BCUT2D eigenvalue weighted by Crippen LogP contribution is -2.39. The predicted octanol–water partition coefficient (Wildman–Crippen LogP) is 0.156. The van der Waals surface area contributed by atoms with Gasteiger partial charge >= 0.3 is 11.4 Å². The molecule has 552 valence electrons. The van der Waals surface area contributed by atoms with Crippen LogP contribution in [0, 0.1) is 9.54 Å². The summed E-state index contributed by atoms with van der Waals surface area (Å²) in [6.45, 7) is 17.9. The number of carbonyl (C=O) groups is 2. The van der Waals surface area contributed by atoms with Crippen molar-refractivity contribution >= 4 is 89.0 Å². The molecule has 4 aromatic heterocycles. The van der Waals surface area contributed by atoms with E-state index in [0.717, 1.165) is 33.8 Å². The lowest BCUT2D eigenvalue weighted by molar-refractivity contribution is -0.120. The fourth-order valence-corrected chi connectivity index (χ4v) is 15.1. The van der Waals surface area contributed by atoms with E-state index >= 15 is 0 Å². The summed E-state index contributed by atoms with van der Waals surface area (Å²) in [5.41, 5.74) is -1.77. The zero-order valence-electron chi connectivity index (χ0n) is 57.7. The van der Waals surface area contributed by atoms with E-state index in [-0.39, 0.29) is 51.1 Å². The highest BCUT2D eigenvalue weighted by atomic mass is 32.1. The van der Waals surface area contributed by atoms with Gasteiger partial charge in [0.05, 0.1) is 35.5 Å². The minimum absolute atomic E-state index is 0.0231. The maximum atomic E-state index is 12.1. The summed E-state index contributed by atoms with van der Waals surface area (Å²) in [5, 5.41) is 87.3. The largest absolute Gasteiger partial charge is 0.388 e. The fourth-order valence-electron chi connectivity index (χ4n) is 10.8. The number of nitrogens with one attached hydrogen (secondary N) is 6. The molecule has 14 N–H and O–H groups in total. The lowest BCUT2D eigenvalue weighted by Gasteiger charge is -2.20. The van der Waals surface area contributed by atoms with Gasteiger partial charge in [-0.2, -0.15) is 0 Å². The third-order valence-corrected chi connectivity index (χ3v) is 23.0. The Morgan fingerprint density at radius 1 is 0.418 bits per heavy atom. The molecule has 0 bridgehead atoms. The molecule has 0 saturated carbocycles. The number of ether oxygens (including phenoxy) is 4. The molecule has 16 atom stereocenters. The minimum Gasteiger partial charge on any atom is -0.388 e. The van der Waals surface area contributed by atoms with E-state index in [2.05, 4.69) is 109 Å². The number of aliphatic hydroxyl groups is 8. The van der Waals surface area contributed by atoms with Crippen LogP contribution in [0.25, 0.3) is 0 Å². The third-order valence-electron chi connectivity index (χ3n) is 16.5. The smallest absolute Gasteiger partial charge is 0.330 e. The van der Waals surface area contributed by atoms with E-state index < -0.39 is 154 Å². The molecule has 36 heteroatoms. The topological polar surface area (TPSA) is 442 Å². The molecule has 98 heavy (non-hydrogen) atoms. The first-order chi connectivity index (χ1) is 45.3. The molecule has 4 unspecified atom stereocenters. The Morgan fingerprint density at radius 3 is 0.908 bits per heavy atom. The van der Waals surface area contributed by atoms with Crippen LogP contribution < -0.4 is 44.3 Å². The molecule has 8 heterocycles. The van der Waals surface area contributed by atoms with Crippen molar-refractivity contribution in [3.8, 4) is 0 Å². The number of amides is 2. The normalized spacial score (nSPS) is 27.1. The van der Waals surface area contributed by atoms with Crippen LogP contribution in [0.15, 0.2) is 53.6 Å². The molecule has 4 fully saturated rings. The highest BCUT2D eigenvalue weighted by Crippen LogP contribution is 2.43. The van der Waals surface area contributed by atoms with Crippen molar-refractivity contribution in [2.75, 3.05) is 78.0 Å². The Labute approximate surface area is 578 Å². The monoisotopic (exact) mass is 1490 g/mol. The van der Waals surface area contributed by atoms with Crippen LogP contribution in [-0.4, -0.2) is 267 Å². The zero-order valence-corrected chi connectivity index (χ0v) is 62.9. The molecule has 4 saturated heterocycles.